The van der Waals surface area contributed by atoms with Gasteiger partial charge in [-0.05, 0) is 25.3 Å². The van der Waals surface area contributed by atoms with Crippen molar-refractivity contribution in [1.82, 2.24) is 0 Å². The fourth-order valence-corrected chi connectivity index (χ4v) is 2.12. The summed E-state index contributed by atoms with van der Waals surface area (Å²) in [6.07, 6.45) is 4.66. The lowest BCUT2D eigenvalue weighted by molar-refractivity contribution is 0.689. The molecule has 1 heteroatoms. The van der Waals surface area contributed by atoms with Gasteiger partial charge in [0.1, 0.15) is 0 Å². The van der Waals surface area contributed by atoms with Crippen LogP contribution in [0.5, 0.6) is 0 Å². The minimum absolute atomic E-state index is 0.494. The molecule has 1 unspecified atom stereocenters. The van der Waals surface area contributed by atoms with Crippen molar-refractivity contribution in [2.24, 2.45) is 0 Å². The zero-order chi connectivity index (χ0) is 10.9. The molecule has 0 aromatic heterocycles. The normalized spacial score (nSPS) is 11.6. The highest BCUT2D eigenvalue weighted by atomic mass is 79.9. The first-order valence-corrected chi connectivity index (χ1v) is 6.35. The van der Waals surface area contributed by atoms with Crippen LogP contribution in [-0.4, -0.2) is 0 Å². The van der Waals surface area contributed by atoms with Crippen LogP contribution in [0.15, 0.2) is 30.3 Å². The summed E-state index contributed by atoms with van der Waals surface area (Å²) in [5.41, 5.74) is 1.37. The molecule has 0 saturated heterocycles. The van der Waals surface area contributed by atoms with E-state index in [0.717, 1.165) is 6.42 Å². The van der Waals surface area contributed by atoms with E-state index in [-0.39, 0.29) is 0 Å². The van der Waals surface area contributed by atoms with Gasteiger partial charge in [-0.1, -0.05) is 52.7 Å². The van der Waals surface area contributed by atoms with Crippen molar-refractivity contribution in [3.8, 4) is 11.8 Å². The Hall–Kier alpha value is -0.740. The van der Waals surface area contributed by atoms with Crippen molar-refractivity contribution in [2.75, 3.05) is 0 Å². The number of hydrogen-bond donors (Lipinski definition) is 0. The summed E-state index contributed by atoms with van der Waals surface area (Å²) < 4.78 is 0. The molecule has 1 rings (SSSR count). The van der Waals surface area contributed by atoms with Gasteiger partial charge in [-0.25, -0.2) is 0 Å². The number of unbranched alkanes of at least 4 members (excludes halogenated alkanes) is 2. The Kier molecular flexibility index (Phi) is 6.20. The molecule has 1 aromatic rings. The molecule has 0 aliphatic heterocycles. The van der Waals surface area contributed by atoms with E-state index in [0.29, 0.717) is 4.83 Å². The van der Waals surface area contributed by atoms with Gasteiger partial charge >= 0.3 is 0 Å². The highest BCUT2D eigenvalue weighted by Crippen LogP contribution is 2.27. The van der Waals surface area contributed by atoms with Crippen molar-refractivity contribution in [2.45, 2.75) is 37.4 Å². The Balaban J connectivity index is 2.24. The zero-order valence-electron chi connectivity index (χ0n) is 9.17. The number of rotatable bonds is 5. The maximum atomic E-state index is 3.72. The van der Waals surface area contributed by atoms with Crippen LogP contribution in [0.2, 0.25) is 0 Å². The van der Waals surface area contributed by atoms with Crippen LogP contribution >= 0.6 is 15.9 Å². The summed E-state index contributed by atoms with van der Waals surface area (Å²) in [5, 5.41) is 0. The smallest absolute Gasteiger partial charge is 0.0395 e. The van der Waals surface area contributed by atoms with Gasteiger partial charge in [-0.3, -0.25) is 0 Å². The fourth-order valence-electron chi connectivity index (χ4n) is 1.49. The fraction of sp³-hybridized carbons (Fsp3) is 0.429. The molecule has 0 N–H and O–H groups in total. The van der Waals surface area contributed by atoms with Crippen molar-refractivity contribution in [1.29, 1.82) is 0 Å². The van der Waals surface area contributed by atoms with Crippen LogP contribution < -0.4 is 0 Å². The van der Waals surface area contributed by atoms with E-state index in [2.05, 4.69) is 58.1 Å². The Labute approximate surface area is 101 Å². The van der Waals surface area contributed by atoms with Crippen LogP contribution in [0, 0.1) is 11.8 Å². The molecule has 0 saturated carbocycles. The Morgan fingerprint density at radius 2 is 1.93 bits per heavy atom. The molecule has 1 atom stereocenters. The van der Waals surface area contributed by atoms with E-state index in [9.17, 15) is 0 Å². The van der Waals surface area contributed by atoms with Gasteiger partial charge in [-0.15, -0.1) is 11.8 Å². The maximum absolute atomic E-state index is 3.72. The summed E-state index contributed by atoms with van der Waals surface area (Å²) in [6.45, 7) is 1.90. The van der Waals surface area contributed by atoms with Crippen molar-refractivity contribution in [3.05, 3.63) is 35.9 Å². The molecule has 0 nitrogen and oxygen atoms in total. The van der Waals surface area contributed by atoms with Gasteiger partial charge in [0.05, 0.1) is 0 Å². The summed E-state index contributed by atoms with van der Waals surface area (Å²) in [6, 6.07) is 10.6. The molecular weight excluding hydrogens is 248 g/mol. The lowest BCUT2D eigenvalue weighted by Crippen LogP contribution is -1.89. The van der Waals surface area contributed by atoms with Crippen LogP contribution in [0.25, 0.3) is 0 Å². The molecule has 0 aliphatic carbocycles. The Bertz CT molecular complexity index is 318. The first-order chi connectivity index (χ1) is 7.34. The van der Waals surface area contributed by atoms with Gasteiger partial charge < -0.3 is 0 Å². The van der Waals surface area contributed by atoms with Crippen molar-refractivity contribution >= 4 is 15.9 Å². The topological polar surface area (TPSA) is 0 Å². The van der Waals surface area contributed by atoms with Gasteiger partial charge in [0.15, 0.2) is 0 Å². The molecule has 0 aliphatic rings. The average molecular weight is 265 g/mol. The van der Waals surface area contributed by atoms with Crippen molar-refractivity contribution < 1.29 is 0 Å². The highest BCUT2D eigenvalue weighted by molar-refractivity contribution is 9.09. The minimum Gasteiger partial charge on any atom is -0.107 e. The molecule has 0 radical (unpaired) electrons. The van der Waals surface area contributed by atoms with E-state index in [4.69, 9.17) is 0 Å². The summed E-state index contributed by atoms with van der Waals surface area (Å²) in [4.78, 5) is 0.494. The number of hydrogen-bond acceptors (Lipinski definition) is 0. The summed E-state index contributed by atoms with van der Waals surface area (Å²) in [5.74, 6) is 6.02. The number of halogens is 1. The molecule has 80 valence electrons. The summed E-state index contributed by atoms with van der Waals surface area (Å²) >= 11 is 3.72. The van der Waals surface area contributed by atoms with Crippen LogP contribution in [-0.2, 0) is 0 Å². The minimum atomic E-state index is 0.494. The van der Waals surface area contributed by atoms with Gasteiger partial charge in [-0.2, -0.15) is 0 Å². The molecule has 0 amide bonds. The summed E-state index contributed by atoms with van der Waals surface area (Å²) in [7, 11) is 0. The van der Waals surface area contributed by atoms with Crippen LogP contribution in [0.3, 0.4) is 0 Å². The molecule has 15 heavy (non-hydrogen) atoms. The number of alkyl halides is 1. The lowest BCUT2D eigenvalue weighted by Gasteiger charge is -2.08. The molecule has 0 bridgehead atoms. The average Bonchev–Trinajstić information content (AvgIpc) is 2.30. The third kappa shape index (κ3) is 5.04. The van der Waals surface area contributed by atoms with Gasteiger partial charge in [0.2, 0.25) is 0 Å². The van der Waals surface area contributed by atoms with E-state index in [1.807, 2.05) is 6.92 Å². The van der Waals surface area contributed by atoms with Crippen LogP contribution in [0.1, 0.15) is 43.0 Å². The molecule has 0 heterocycles. The van der Waals surface area contributed by atoms with Crippen molar-refractivity contribution in [3.63, 3.8) is 0 Å². The first-order valence-electron chi connectivity index (χ1n) is 5.43. The second kappa shape index (κ2) is 7.54. The second-order valence-electron chi connectivity index (χ2n) is 3.55. The zero-order valence-corrected chi connectivity index (χ0v) is 10.8. The monoisotopic (exact) mass is 264 g/mol. The van der Waals surface area contributed by atoms with E-state index >= 15 is 0 Å². The quantitative estimate of drug-likeness (QED) is 0.411. The third-order valence-corrected chi connectivity index (χ3v) is 3.33. The molecule has 1 aromatic carbocycles. The van der Waals surface area contributed by atoms with Gasteiger partial charge in [0, 0.05) is 11.2 Å². The molecular formula is C14H17Br. The highest BCUT2D eigenvalue weighted by Gasteiger charge is 2.05. The van der Waals surface area contributed by atoms with E-state index in [1.165, 1.54) is 24.8 Å². The van der Waals surface area contributed by atoms with Crippen LogP contribution in [0.4, 0.5) is 0 Å². The lowest BCUT2D eigenvalue weighted by atomic mass is 10.1. The Morgan fingerprint density at radius 3 is 2.60 bits per heavy atom. The first kappa shape index (κ1) is 12.3. The van der Waals surface area contributed by atoms with E-state index < -0.39 is 0 Å². The molecule has 0 fully saturated rings. The van der Waals surface area contributed by atoms with Gasteiger partial charge in [0.25, 0.3) is 0 Å². The van der Waals surface area contributed by atoms with E-state index in [1.54, 1.807) is 0 Å². The third-order valence-electron chi connectivity index (χ3n) is 2.35. The maximum Gasteiger partial charge on any atom is 0.0395 e. The SMILES string of the molecule is CC#CCCCCC(Br)c1ccccc1. The predicted octanol–water partition coefficient (Wildman–Crippen LogP) is 4.71. The second-order valence-corrected chi connectivity index (χ2v) is 4.66. The number of benzene rings is 1. The largest absolute Gasteiger partial charge is 0.107 e. The predicted molar refractivity (Wildman–Crippen MR) is 70.0 cm³/mol. The Morgan fingerprint density at radius 1 is 1.20 bits per heavy atom. The molecule has 0 spiro atoms. The standard InChI is InChI=1S/C14H17Br/c1-2-3-4-5-9-12-14(15)13-10-7-6-8-11-13/h6-8,10-11,14H,4-5,9,12H2,1H3.